The number of nitrogens with one attached hydrogen (secondary N) is 2. The Hall–Kier alpha value is -1.48. The average molecular weight is 355 g/mol. The number of nitrogens with zero attached hydrogens (tertiary/aromatic N) is 1. The van der Waals surface area contributed by atoms with Gasteiger partial charge in [0.05, 0.1) is 18.1 Å². The first-order chi connectivity index (χ1) is 11.4. The van der Waals surface area contributed by atoms with Crippen LogP contribution in [0.3, 0.4) is 0 Å². The molecule has 1 aromatic carbocycles. The van der Waals surface area contributed by atoms with Crippen molar-refractivity contribution in [3.05, 3.63) is 29.8 Å². The van der Waals surface area contributed by atoms with Crippen LogP contribution in [0.4, 0.5) is 0 Å². The predicted octanol–water partition coefficient (Wildman–Crippen LogP) is 0.435. The molecule has 7 nitrogen and oxygen atoms in total. The van der Waals surface area contributed by atoms with Crippen molar-refractivity contribution in [1.82, 2.24) is 14.9 Å². The normalized spacial score (nSPS) is 16.8. The summed E-state index contributed by atoms with van der Waals surface area (Å²) in [6, 6.07) is 6.09. The van der Waals surface area contributed by atoms with Gasteiger partial charge in [0.2, 0.25) is 10.0 Å². The molecule has 0 saturated carbocycles. The van der Waals surface area contributed by atoms with E-state index in [1.807, 2.05) is 13.8 Å². The van der Waals surface area contributed by atoms with Crippen LogP contribution in [0.2, 0.25) is 0 Å². The van der Waals surface area contributed by atoms with Gasteiger partial charge in [-0.2, -0.15) is 0 Å². The van der Waals surface area contributed by atoms with Gasteiger partial charge in [-0.3, -0.25) is 4.79 Å². The second kappa shape index (κ2) is 8.57. The maximum Gasteiger partial charge on any atom is 0.254 e. The molecular formula is C16H25N3O4S. The molecule has 1 fully saturated rings. The van der Waals surface area contributed by atoms with Gasteiger partial charge in [-0.25, -0.2) is 13.1 Å². The topological polar surface area (TPSA) is 87.7 Å². The summed E-state index contributed by atoms with van der Waals surface area (Å²) in [4.78, 5) is 14.2. The Balaban J connectivity index is 2.01. The zero-order valence-corrected chi connectivity index (χ0v) is 14.9. The maximum absolute atomic E-state index is 12.3. The van der Waals surface area contributed by atoms with Crippen LogP contribution in [0, 0.1) is 0 Å². The summed E-state index contributed by atoms with van der Waals surface area (Å²) in [7, 11) is -3.58. The fourth-order valence-corrected chi connectivity index (χ4v) is 3.59. The van der Waals surface area contributed by atoms with Crippen LogP contribution in [-0.4, -0.2) is 64.7 Å². The zero-order valence-electron chi connectivity index (χ0n) is 14.1. The van der Waals surface area contributed by atoms with Crippen LogP contribution >= 0.6 is 0 Å². The van der Waals surface area contributed by atoms with Crippen LogP contribution < -0.4 is 10.0 Å². The van der Waals surface area contributed by atoms with E-state index in [0.717, 1.165) is 6.54 Å². The monoisotopic (exact) mass is 355 g/mol. The lowest BCUT2D eigenvalue weighted by molar-refractivity contribution is 0.0303. The fourth-order valence-electron chi connectivity index (χ4n) is 2.46. The highest BCUT2D eigenvalue weighted by Crippen LogP contribution is 2.13. The molecule has 1 amide bonds. The van der Waals surface area contributed by atoms with E-state index >= 15 is 0 Å². The van der Waals surface area contributed by atoms with Crippen molar-refractivity contribution < 1.29 is 17.9 Å². The van der Waals surface area contributed by atoms with Crippen molar-refractivity contribution in [3.63, 3.8) is 0 Å². The van der Waals surface area contributed by atoms with Gasteiger partial charge >= 0.3 is 0 Å². The molecule has 1 heterocycles. The summed E-state index contributed by atoms with van der Waals surface area (Å²) in [5.41, 5.74) is 0.483. The van der Waals surface area contributed by atoms with E-state index in [1.54, 1.807) is 17.0 Å². The highest BCUT2D eigenvalue weighted by Gasteiger charge is 2.20. The van der Waals surface area contributed by atoms with Crippen LogP contribution in [0.25, 0.3) is 0 Å². The molecule has 0 radical (unpaired) electrons. The number of hydrogen-bond donors (Lipinski definition) is 2. The molecule has 0 aliphatic carbocycles. The summed E-state index contributed by atoms with van der Waals surface area (Å²) in [5.74, 6) is -0.101. The van der Waals surface area contributed by atoms with Crippen LogP contribution in [0.15, 0.2) is 29.2 Å². The summed E-state index contributed by atoms with van der Waals surface area (Å²) in [6.45, 7) is 7.15. The molecule has 24 heavy (non-hydrogen) atoms. The molecule has 0 bridgehead atoms. The van der Waals surface area contributed by atoms with Crippen LogP contribution in [0.1, 0.15) is 24.2 Å². The number of amides is 1. The largest absolute Gasteiger partial charge is 0.378 e. The van der Waals surface area contributed by atoms with Gasteiger partial charge in [-0.05, 0) is 37.7 Å². The highest BCUT2D eigenvalue weighted by atomic mass is 32.2. The third-order valence-electron chi connectivity index (χ3n) is 3.84. The first-order valence-electron chi connectivity index (χ1n) is 8.14. The van der Waals surface area contributed by atoms with E-state index in [0.29, 0.717) is 38.4 Å². The van der Waals surface area contributed by atoms with Crippen molar-refractivity contribution in [2.24, 2.45) is 0 Å². The molecule has 1 aliphatic heterocycles. The maximum atomic E-state index is 12.3. The van der Waals surface area contributed by atoms with Crippen LogP contribution in [0.5, 0.6) is 0 Å². The number of hydrogen-bond acceptors (Lipinski definition) is 5. The number of benzene rings is 1. The predicted molar refractivity (Wildman–Crippen MR) is 91.5 cm³/mol. The third kappa shape index (κ3) is 5.01. The number of likely N-dealkylation sites (N-methyl/N-ethyl adjacent to an activating group) is 1. The van der Waals surface area contributed by atoms with Gasteiger partial charge in [0, 0.05) is 31.2 Å². The van der Waals surface area contributed by atoms with E-state index in [4.69, 9.17) is 4.74 Å². The third-order valence-corrected chi connectivity index (χ3v) is 5.28. The molecule has 1 aliphatic rings. The van der Waals surface area contributed by atoms with Crippen molar-refractivity contribution in [1.29, 1.82) is 0 Å². The summed E-state index contributed by atoms with van der Waals surface area (Å²) < 4.78 is 32.3. The van der Waals surface area contributed by atoms with Gasteiger partial charge in [-0.1, -0.05) is 6.92 Å². The fraction of sp³-hybridized carbons (Fsp3) is 0.562. The molecule has 1 saturated heterocycles. The second-order valence-corrected chi connectivity index (χ2v) is 7.51. The quantitative estimate of drug-likeness (QED) is 0.741. The Morgan fingerprint density at radius 3 is 2.46 bits per heavy atom. The summed E-state index contributed by atoms with van der Waals surface area (Å²) in [5, 5.41) is 3.14. The number of sulfonamides is 1. The second-order valence-electron chi connectivity index (χ2n) is 5.74. The Morgan fingerprint density at radius 2 is 1.88 bits per heavy atom. The molecule has 0 spiro atoms. The van der Waals surface area contributed by atoms with Crippen molar-refractivity contribution >= 4 is 15.9 Å². The standard InChI is InChI=1S/C16H25N3O4S/c1-3-17-13(2)12-18-24(21,22)15-6-4-14(5-7-15)16(20)19-8-10-23-11-9-19/h4-7,13,17-18H,3,8-12H2,1-2H3/t13-/m1/s1. The molecule has 2 N–H and O–H groups in total. The zero-order chi connectivity index (χ0) is 17.6. The molecular weight excluding hydrogens is 330 g/mol. The minimum Gasteiger partial charge on any atom is -0.378 e. The first kappa shape index (κ1) is 18.9. The Labute approximate surface area is 143 Å². The van der Waals surface area contributed by atoms with E-state index in [-0.39, 0.29) is 16.8 Å². The Kier molecular flexibility index (Phi) is 6.73. The number of rotatable bonds is 7. The summed E-state index contributed by atoms with van der Waals surface area (Å²) in [6.07, 6.45) is 0. The molecule has 8 heteroatoms. The van der Waals surface area contributed by atoms with Gasteiger partial charge in [-0.15, -0.1) is 0 Å². The Bertz CT molecular complexity index is 640. The number of carbonyl (C=O) groups excluding carboxylic acids is 1. The lowest BCUT2D eigenvalue weighted by atomic mass is 10.2. The SMILES string of the molecule is CCN[C@H](C)CNS(=O)(=O)c1ccc(C(=O)N2CCOCC2)cc1. The molecule has 0 aromatic heterocycles. The van der Waals surface area contributed by atoms with Gasteiger partial charge in [0.1, 0.15) is 0 Å². The van der Waals surface area contributed by atoms with E-state index in [9.17, 15) is 13.2 Å². The van der Waals surface area contributed by atoms with Crippen LogP contribution in [-0.2, 0) is 14.8 Å². The van der Waals surface area contributed by atoms with E-state index in [2.05, 4.69) is 10.0 Å². The van der Waals surface area contributed by atoms with Crippen molar-refractivity contribution in [2.45, 2.75) is 24.8 Å². The molecule has 0 unspecified atom stereocenters. The first-order valence-corrected chi connectivity index (χ1v) is 9.62. The van der Waals surface area contributed by atoms with E-state index < -0.39 is 10.0 Å². The smallest absolute Gasteiger partial charge is 0.254 e. The molecule has 134 valence electrons. The minimum absolute atomic E-state index is 0.0481. The number of carbonyl (C=O) groups is 1. The van der Waals surface area contributed by atoms with Crippen molar-refractivity contribution in [2.75, 3.05) is 39.4 Å². The molecule has 2 rings (SSSR count). The van der Waals surface area contributed by atoms with Gasteiger partial charge in [0.15, 0.2) is 0 Å². The van der Waals surface area contributed by atoms with Crippen molar-refractivity contribution in [3.8, 4) is 0 Å². The number of morpholine rings is 1. The number of ether oxygens (including phenoxy) is 1. The average Bonchev–Trinajstić information content (AvgIpc) is 2.61. The minimum atomic E-state index is -3.58. The molecule has 1 aromatic rings. The lowest BCUT2D eigenvalue weighted by Crippen LogP contribution is -2.40. The van der Waals surface area contributed by atoms with Gasteiger partial charge in [0.25, 0.3) is 5.91 Å². The highest BCUT2D eigenvalue weighted by molar-refractivity contribution is 7.89. The Morgan fingerprint density at radius 1 is 1.25 bits per heavy atom. The molecule has 1 atom stereocenters. The lowest BCUT2D eigenvalue weighted by Gasteiger charge is -2.26. The summed E-state index contributed by atoms with van der Waals surface area (Å²) >= 11 is 0. The van der Waals surface area contributed by atoms with Gasteiger partial charge < -0.3 is 15.0 Å². The van der Waals surface area contributed by atoms with E-state index in [1.165, 1.54) is 12.1 Å².